The number of hydrogen-bond acceptors (Lipinski definition) is 4. The Hall–Kier alpha value is -2.89. The summed E-state index contributed by atoms with van der Waals surface area (Å²) in [6.45, 7) is 0.541. The summed E-state index contributed by atoms with van der Waals surface area (Å²) in [6.07, 6.45) is 4.89. The average Bonchev–Trinajstić information content (AvgIpc) is 3.06. The molecule has 1 N–H and O–H groups in total. The van der Waals surface area contributed by atoms with E-state index in [1.807, 2.05) is 29.2 Å². The van der Waals surface area contributed by atoms with E-state index in [4.69, 9.17) is 4.74 Å². The van der Waals surface area contributed by atoms with Crippen LogP contribution in [-0.2, 0) is 9.59 Å². The van der Waals surface area contributed by atoms with Crippen molar-refractivity contribution in [1.29, 1.82) is 0 Å². The number of nitrogens with zero attached hydrogens (tertiary/aromatic N) is 2. The minimum absolute atomic E-state index is 0.00529. The van der Waals surface area contributed by atoms with Crippen molar-refractivity contribution < 1.29 is 14.3 Å². The Morgan fingerprint density at radius 3 is 2.75 bits per heavy atom. The SMILES string of the molecule is O=C1CCCC[C@@H]2[C@@H](N1)[C@H](c1ccccc1)CN2C(=O)COc1ccccn1. The van der Waals surface area contributed by atoms with Gasteiger partial charge in [0.2, 0.25) is 11.8 Å². The predicted octanol–water partition coefficient (Wildman–Crippen LogP) is 2.51. The fourth-order valence-electron chi connectivity index (χ4n) is 4.30. The van der Waals surface area contributed by atoms with Gasteiger partial charge in [0.15, 0.2) is 6.61 Å². The van der Waals surface area contributed by atoms with Gasteiger partial charge in [-0.2, -0.15) is 0 Å². The number of hydrogen-bond donors (Lipinski definition) is 1. The Bertz CT molecular complexity index is 812. The van der Waals surface area contributed by atoms with E-state index >= 15 is 0 Å². The van der Waals surface area contributed by atoms with Crippen LogP contribution in [0.1, 0.15) is 37.2 Å². The quantitative estimate of drug-likeness (QED) is 0.886. The molecule has 0 spiro atoms. The van der Waals surface area contributed by atoms with Gasteiger partial charge in [-0.1, -0.05) is 42.8 Å². The van der Waals surface area contributed by atoms with Gasteiger partial charge < -0.3 is 15.0 Å². The zero-order chi connectivity index (χ0) is 19.3. The number of carbonyl (C=O) groups is 2. The van der Waals surface area contributed by atoms with Gasteiger partial charge in [-0.05, 0) is 24.5 Å². The lowest BCUT2D eigenvalue weighted by Gasteiger charge is -2.31. The molecule has 0 saturated carbocycles. The Kier molecular flexibility index (Phi) is 5.55. The molecular weight excluding hydrogens is 354 g/mol. The lowest BCUT2D eigenvalue weighted by Crippen LogP contribution is -2.49. The van der Waals surface area contributed by atoms with Gasteiger partial charge in [0.05, 0.1) is 12.1 Å². The minimum Gasteiger partial charge on any atom is -0.468 e. The fourth-order valence-corrected chi connectivity index (χ4v) is 4.30. The van der Waals surface area contributed by atoms with E-state index in [1.54, 1.807) is 18.3 Å². The molecule has 4 rings (SSSR count). The number of amides is 2. The van der Waals surface area contributed by atoms with E-state index < -0.39 is 0 Å². The second kappa shape index (κ2) is 8.42. The third-order valence-electron chi connectivity index (χ3n) is 5.65. The molecule has 2 aromatic rings. The molecule has 1 aromatic heterocycles. The third kappa shape index (κ3) is 4.01. The fraction of sp³-hybridized carbons (Fsp3) is 0.409. The van der Waals surface area contributed by atoms with E-state index in [9.17, 15) is 9.59 Å². The van der Waals surface area contributed by atoms with Crippen molar-refractivity contribution in [3.8, 4) is 5.88 Å². The molecule has 2 saturated heterocycles. The highest BCUT2D eigenvalue weighted by atomic mass is 16.5. The van der Waals surface area contributed by atoms with Crippen LogP contribution in [0, 0.1) is 0 Å². The van der Waals surface area contributed by atoms with Crippen LogP contribution < -0.4 is 10.1 Å². The summed E-state index contributed by atoms with van der Waals surface area (Å²) in [6, 6.07) is 15.4. The summed E-state index contributed by atoms with van der Waals surface area (Å²) in [7, 11) is 0. The van der Waals surface area contributed by atoms with Crippen LogP contribution in [-0.4, -0.2) is 46.9 Å². The first-order chi connectivity index (χ1) is 13.7. The van der Waals surface area contributed by atoms with Crippen molar-refractivity contribution in [2.24, 2.45) is 0 Å². The number of aromatic nitrogens is 1. The van der Waals surface area contributed by atoms with Crippen LogP contribution in [0.5, 0.6) is 5.88 Å². The summed E-state index contributed by atoms with van der Waals surface area (Å²) in [5.74, 6) is 0.549. The second-order valence-corrected chi connectivity index (χ2v) is 7.43. The smallest absolute Gasteiger partial charge is 0.260 e. The minimum atomic E-state index is -0.0612. The Morgan fingerprint density at radius 2 is 1.96 bits per heavy atom. The highest BCUT2D eigenvalue weighted by Crippen LogP contribution is 2.35. The number of rotatable bonds is 4. The number of fused-ring (bicyclic) bond motifs is 1. The van der Waals surface area contributed by atoms with Crippen molar-refractivity contribution in [3.05, 3.63) is 60.3 Å². The maximum absolute atomic E-state index is 13.0. The normalized spacial score (nSPS) is 24.6. The molecule has 0 bridgehead atoms. The molecule has 6 nitrogen and oxygen atoms in total. The molecule has 2 amide bonds. The first-order valence-corrected chi connectivity index (χ1v) is 9.90. The van der Waals surface area contributed by atoms with Crippen LogP contribution in [0.3, 0.4) is 0 Å². The van der Waals surface area contributed by atoms with Crippen molar-refractivity contribution in [3.63, 3.8) is 0 Å². The maximum Gasteiger partial charge on any atom is 0.260 e. The molecule has 3 heterocycles. The van der Waals surface area contributed by atoms with Crippen LogP contribution >= 0.6 is 0 Å². The lowest BCUT2D eigenvalue weighted by atomic mass is 9.88. The van der Waals surface area contributed by atoms with E-state index in [2.05, 4.69) is 22.4 Å². The molecule has 0 aliphatic carbocycles. The summed E-state index contributed by atoms with van der Waals surface area (Å²) in [5.41, 5.74) is 1.15. The van der Waals surface area contributed by atoms with Gasteiger partial charge >= 0.3 is 0 Å². The molecule has 6 heteroatoms. The van der Waals surface area contributed by atoms with E-state index in [-0.39, 0.29) is 36.4 Å². The van der Waals surface area contributed by atoms with Crippen LogP contribution in [0.2, 0.25) is 0 Å². The predicted molar refractivity (Wildman–Crippen MR) is 105 cm³/mol. The van der Waals surface area contributed by atoms with Gasteiger partial charge in [0.25, 0.3) is 5.91 Å². The van der Waals surface area contributed by atoms with Crippen LogP contribution in [0.15, 0.2) is 54.7 Å². The van der Waals surface area contributed by atoms with Gasteiger partial charge in [0.1, 0.15) is 0 Å². The first-order valence-electron chi connectivity index (χ1n) is 9.90. The molecule has 28 heavy (non-hydrogen) atoms. The Morgan fingerprint density at radius 1 is 1.14 bits per heavy atom. The average molecular weight is 379 g/mol. The van der Waals surface area contributed by atoms with Gasteiger partial charge in [-0.25, -0.2) is 4.98 Å². The molecule has 0 radical (unpaired) electrons. The van der Waals surface area contributed by atoms with Gasteiger partial charge in [0, 0.05) is 31.1 Å². The number of likely N-dealkylation sites (tertiary alicyclic amines) is 1. The first kappa shape index (κ1) is 18.5. The largest absolute Gasteiger partial charge is 0.468 e. The van der Waals surface area contributed by atoms with Crippen LogP contribution in [0.25, 0.3) is 0 Å². The Balaban J connectivity index is 1.54. The second-order valence-electron chi connectivity index (χ2n) is 7.43. The van der Waals surface area contributed by atoms with Crippen molar-refractivity contribution >= 4 is 11.8 Å². The standard InChI is InChI=1S/C22H25N3O3/c26-19-11-5-4-10-18-22(24-19)17(16-8-2-1-3-9-16)14-25(18)21(27)15-28-20-12-6-7-13-23-20/h1-3,6-9,12-13,17-18,22H,4-5,10-11,14-15H2,(H,24,26)/t17-,18+,22-/m0/s1. The van der Waals surface area contributed by atoms with Gasteiger partial charge in [-0.3, -0.25) is 9.59 Å². The maximum atomic E-state index is 13.0. The number of nitrogens with one attached hydrogen (secondary N) is 1. The number of carbonyl (C=O) groups excluding carboxylic acids is 2. The summed E-state index contributed by atoms with van der Waals surface area (Å²) < 4.78 is 5.59. The summed E-state index contributed by atoms with van der Waals surface area (Å²) in [4.78, 5) is 31.3. The molecule has 2 aliphatic heterocycles. The topological polar surface area (TPSA) is 71.5 Å². The summed E-state index contributed by atoms with van der Waals surface area (Å²) in [5, 5.41) is 3.20. The monoisotopic (exact) mass is 379 g/mol. The summed E-state index contributed by atoms with van der Waals surface area (Å²) >= 11 is 0. The molecular formula is C22H25N3O3. The zero-order valence-electron chi connectivity index (χ0n) is 15.8. The van der Waals surface area contributed by atoms with Crippen molar-refractivity contribution in [2.75, 3.05) is 13.2 Å². The lowest BCUT2D eigenvalue weighted by molar-refractivity contribution is -0.135. The highest BCUT2D eigenvalue weighted by molar-refractivity contribution is 5.80. The van der Waals surface area contributed by atoms with E-state index in [1.165, 1.54) is 0 Å². The molecule has 3 atom stereocenters. The Labute approximate surface area is 164 Å². The molecule has 0 unspecified atom stereocenters. The van der Waals surface area contributed by atoms with Crippen molar-refractivity contribution in [1.82, 2.24) is 15.2 Å². The number of ether oxygens (including phenoxy) is 1. The number of benzene rings is 1. The highest BCUT2D eigenvalue weighted by Gasteiger charge is 2.45. The van der Waals surface area contributed by atoms with Crippen LogP contribution in [0.4, 0.5) is 0 Å². The number of pyridine rings is 1. The molecule has 2 fully saturated rings. The van der Waals surface area contributed by atoms with Crippen molar-refractivity contribution in [2.45, 2.75) is 43.7 Å². The molecule has 146 valence electrons. The van der Waals surface area contributed by atoms with E-state index in [0.29, 0.717) is 18.8 Å². The molecule has 2 aliphatic rings. The van der Waals surface area contributed by atoms with E-state index in [0.717, 1.165) is 24.8 Å². The van der Waals surface area contributed by atoms with Gasteiger partial charge in [-0.15, -0.1) is 0 Å². The zero-order valence-corrected chi connectivity index (χ0v) is 15.8. The third-order valence-corrected chi connectivity index (χ3v) is 5.65. The molecule has 1 aromatic carbocycles.